The van der Waals surface area contributed by atoms with Gasteiger partial charge in [-0.05, 0) is 25.7 Å². The van der Waals surface area contributed by atoms with E-state index in [1.165, 1.54) is 11.4 Å². The molecule has 0 spiro atoms. The molecule has 2 fully saturated rings. The maximum Gasteiger partial charge on any atom is 0.309 e. The predicted molar refractivity (Wildman–Crippen MR) is 69.1 cm³/mol. The van der Waals surface area contributed by atoms with E-state index in [1.54, 1.807) is 0 Å². The smallest absolute Gasteiger partial charge is 0.309 e. The minimum absolute atomic E-state index is 0.256. The summed E-state index contributed by atoms with van der Waals surface area (Å²) in [7, 11) is -1.97. The van der Waals surface area contributed by atoms with Gasteiger partial charge in [-0.1, -0.05) is 0 Å². The van der Waals surface area contributed by atoms with Gasteiger partial charge in [0.05, 0.1) is 18.3 Å². The lowest BCUT2D eigenvalue weighted by atomic mass is 10.0. The standard InChI is InChI=1S/C12H21NO5S/c1-17-12(14)10-3-2-6-13(9-10)19(15,16)11-4-7-18-8-5-11/h10-11H,2-9H2,1H3/t10-/m0/s1. The summed E-state index contributed by atoms with van der Waals surface area (Å²) in [6.45, 7) is 1.76. The third-order valence-corrected chi connectivity index (χ3v) is 6.23. The monoisotopic (exact) mass is 291 g/mol. The first-order chi connectivity index (χ1) is 9.05. The lowest BCUT2D eigenvalue weighted by molar-refractivity contribution is -0.146. The van der Waals surface area contributed by atoms with Crippen LogP contribution in [0, 0.1) is 5.92 Å². The Kier molecular flexibility index (Phi) is 4.81. The Morgan fingerprint density at radius 1 is 1.26 bits per heavy atom. The number of sulfonamides is 1. The van der Waals surface area contributed by atoms with E-state index in [0.29, 0.717) is 45.4 Å². The molecule has 0 aliphatic carbocycles. The van der Waals surface area contributed by atoms with Gasteiger partial charge in [-0.25, -0.2) is 12.7 Å². The largest absolute Gasteiger partial charge is 0.469 e. The van der Waals surface area contributed by atoms with Crippen molar-refractivity contribution in [3.05, 3.63) is 0 Å². The second-order valence-corrected chi connectivity index (χ2v) is 7.29. The van der Waals surface area contributed by atoms with Gasteiger partial charge < -0.3 is 9.47 Å². The Hall–Kier alpha value is -0.660. The van der Waals surface area contributed by atoms with Gasteiger partial charge >= 0.3 is 5.97 Å². The fourth-order valence-electron chi connectivity index (χ4n) is 2.72. The Morgan fingerprint density at radius 2 is 1.95 bits per heavy atom. The van der Waals surface area contributed by atoms with Crippen LogP contribution in [0.15, 0.2) is 0 Å². The molecule has 7 heteroatoms. The number of hydrogen-bond donors (Lipinski definition) is 0. The Morgan fingerprint density at radius 3 is 2.58 bits per heavy atom. The fourth-order valence-corrected chi connectivity index (χ4v) is 4.70. The molecule has 2 rings (SSSR count). The quantitative estimate of drug-likeness (QED) is 0.703. The molecule has 0 aromatic heterocycles. The van der Waals surface area contributed by atoms with Gasteiger partial charge in [0, 0.05) is 26.3 Å². The second kappa shape index (κ2) is 6.19. The van der Waals surface area contributed by atoms with Crippen LogP contribution in [0.3, 0.4) is 0 Å². The highest BCUT2D eigenvalue weighted by Gasteiger charge is 2.37. The molecule has 19 heavy (non-hydrogen) atoms. The molecule has 0 radical (unpaired) electrons. The lowest BCUT2D eigenvalue weighted by Gasteiger charge is -2.34. The van der Waals surface area contributed by atoms with E-state index in [4.69, 9.17) is 9.47 Å². The van der Waals surface area contributed by atoms with E-state index in [-0.39, 0.29) is 23.7 Å². The highest BCUT2D eigenvalue weighted by molar-refractivity contribution is 7.89. The van der Waals surface area contributed by atoms with Gasteiger partial charge in [-0.15, -0.1) is 0 Å². The molecular weight excluding hydrogens is 270 g/mol. The summed E-state index contributed by atoms with van der Waals surface area (Å²) in [5.74, 6) is -0.639. The van der Waals surface area contributed by atoms with Crippen molar-refractivity contribution < 1.29 is 22.7 Å². The molecule has 0 bridgehead atoms. The van der Waals surface area contributed by atoms with Gasteiger partial charge in [0.1, 0.15) is 0 Å². The molecule has 6 nitrogen and oxygen atoms in total. The van der Waals surface area contributed by atoms with Gasteiger partial charge in [0.2, 0.25) is 10.0 Å². The number of piperidine rings is 1. The molecule has 110 valence electrons. The highest BCUT2D eigenvalue weighted by atomic mass is 32.2. The number of hydrogen-bond acceptors (Lipinski definition) is 5. The minimum Gasteiger partial charge on any atom is -0.469 e. The molecule has 2 aliphatic heterocycles. The summed E-state index contributed by atoms with van der Waals surface area (Å²) in [6, 6.07) is 0. The Labute approximate surface area is 114 Å². The first kappa shape index (κ1) is 14.7. The number of rotatable bonds is 3. The van der Waals surface area contributed by atoms with Gasteiger partial charge in [-0.3, -0.25) is 4.79 Å². The summed E-state index contributed by atoms with van der Waals surface area (Å²) in [6.07, 6.45) is 2.50. The van der Waals surface area contributed by atoms with Crippen LogP contribution in [-0.2, 0) is 24.3 Å². The van der Waals surface area contributed by atoms with Crippen LogP contribution in [0.1, 0.15) is 25.7 Å². The zero-order valence-corrected chi connectivity index (χ0v) is 12.0. The number of methoxy groups -OCH3 is 1. The average Bonchev–Trinajstić information content (AvgIpc) is 2.47. The van der Waals surface area contributed by atoms with Crippen molar-refractivity contribution in [1.29, 1.82) is 0 Å². The summed E-state index contributed by atoms with van der Waals surface area (Å²) >= 11 is 0. The first-order valence-corrected chi connectivity index (χ1v) is 8.20. The fraction of sp³-hybridized carbons (Fsp3) is 0.917. The Balaban J connectivity index is 2.05. The van der Waals surface area contributed by atoms with Crippen molar-refractivity contribution in [1.82, 2.24) is 4.31 Å². The van der Waals surface area contributed by atoms with Gasteiger partial charge in [0.25, 0.3) is 0 Å². The van der Waals surface area contributed by atoms with E-state index >= 15 is 0 Å². The zero-order valence-electron chi connectivity index (χ0n) is 11.2. The average molecular weight is 291 g/mol. The van der Waals surface area contributed by atoms with Gasteiger partial charge in [-0.2, -0.15) is 0 Å². The molecular formula is C12H21NO5S. The van der Waals surface area contributed by atoms with Crippen LogP contribution >= 0.6 is 0 Å². The number of nitrogens with zero attached hydrogens (tertiary/aromatic N) is 1. The molecule has 1 atom stereocenters. The molecule has 0 amide bonds. The molecule has 0 aromatic rings. The van der Waals surface area contributed by atoms with Crippen LogP contribution < -0.4 is 0 Å². The summed E-state index contributed by atoms with van der Waals surface area (Å²) in [4.78, 5) is 11.6. The van der Waals surface area contributed by atoms with Crippen LogP contribution in [0.5, 0.6) is 0 Å². The van der Waals surface area contributed by atoms with E-state index in [2.05, 4.69) is 0 Å². The van der Waals surface area contributed by atoms with Crippen molar-refractivity contribution in [3.8, 4) is 0 Å². The number of esters is 1. The SMILES string of the molecule is COC(=O)[C@H]1CCCN(S(=O)(=O)C2CCOCC2)C1. The van der Waals surface area contributed by atoms with Gasteiger partial charge in [0.15, 0.2) is 0 Å². The van der Waals surface area contributed by atoms with Crippen molar-refractivity contribution in [3.63, 3.8) is 0 Å². The lowest BCUT2D eigenvalue weighted by Crippen LogP contribution is -2.47. The molecule has 0 N–H and O–H groups in total. The van der Waals surface area contributed by atoms with Crippen LogP contribution in [0.4, 0.5) is 0 Å². The van der Waals surface area contributed by atoms with Crippen LogP contribution in [-0.4, -0.2) is 57.4 Å². The topological polar surface area (TPSA) is 72.9 Å². The zero-order chi connectivity index (χ0) is 13.9. The third-order valence-electron chi connectivity index (χ3n) is 3.87. The number of carbonyl (C=O) groups is 1. The first-order valence-electron chi connectivity index (χ1n) is 6.70. The van der Waals surface area contributed by atoms with Crippen molar-refractivity contribution >= 4 is 16.0 Å². The van der Waals surface area contributed by atoms with Crippen LogP contribution in [0.25, 0.3) is 0 Å². The molecule has 0 saturated carbocycles. The normalized spacial score (nSPS) is 27.1. The van der Waals surface area contributed by atoms with Crippen molar-refractivity contribution in [2.45, 2.75) is 30.9 Å². The Bertz CT molecular complexity index is 416. The molecule has 2 heterocycles. The second-order valence-electron chi connectivity index (χ2n) is 5.08. The predicted octanol–water partition coefficient (Wildman–Crippen LogP) is 0.380. The van der Waals surface area contributed by atoms with E-state index < -0.39 is 10.0 Å². The van der Waals surface area contributed by atoms with Crippen LogP contribution in [0.2, 0.25) is 0 Å². The number of ether oxygens (including phenoxy) is 2. The van der Waals surface area contributed by atoms with E-state index in [1.807, 2.05) is 0 Å². The van der Waals surface area contributed by atoms with E-state index in [0.717, 1.165) is 0 Å². The van der Waals surface area contributed by atoms with Crippen molar-refractivity contribution in [2.24, 2.45) is 5.92 Å². The summed E-state index contributed by atoms with van der Waals surface area (Å²) in [5, 5.41) is -0.363. The summed E-state index contributed by atoms with van der Waals surface area (Å²) in [5.41, 5.74) is 0. The van der Waals surface area contributed by atoms with E-state index in [9.17, 15) is 13.2 Å². The highest BCUT2D eigenvalue weighted by Crippen LogP contribution is 2.25. The number of carbonyl (C=O) groups excluding carboxylic acids is 1. The molecule has 2 saturated heterocycles. The maximum absolute atomic E-state index is 12.5. The summed E-state index contributed by atoms with van der Waals surface area (Å²) < 4.78 is 36.4. The molecule has 0 aromatic carbocycles. The molecule has 0 unspecified atom stereocenters. The third kappa shape index (κ3) is 3.27. The van der Waals surface area contributed by atoms with Crippen molar-refractivity contribution in [2.75, 3.05) is 33.4 Å². The maximum atomic E-state index is 12.5. The minimum atomic E-state index is -3.31. The molecule has 2 aliphatic rings.